The van der Waals surface area contributed by atoms with Crippen LogP contribution in [0.1, 0.15) is 19.8 Å². The van der Waals surface area contributed by atoms with Crippen molar-refractivity contribution in [1.29, 1.82) is 0 Å². The Kier molecular flexibility index (Phi) is 3.25. The maximum absolute atomic E-state index is 11.2. The van der Waals surface area contributed by atoms with Gasteiger partial charge in [-0.25, -0.2) is 9.69 Å². The summed E-state index contributed by atoms with van der Waals surface area (Å²) in [6.45, 7) is 1.72. The number of rotatable bonds is 2. The summed E-state index contributed by atoms with van der Waals surface area (Å²) in [4.78, 5) is 23.4. The van der Waals surface area contributed by atoms with Crippen molar-refractivity contribution in [3.8, 4) is 0 Å². The van der Waals surface area contributed by atoms with Crippen molar-refractivity contribution in [2.75, 3.05) is 13.2 Å². The van der Waals surface area contributed by atoms with E-state index in [9.17, 15) is 9.59 Å². The van der Waals surface area contributed by atoms with E-state index in [1.165, 1.54) is 0 Å². The van der Waals surface area contributed by atoms with Crippen LogP contribution in [-0.2, 0) is 9.53 Å². The number of carbonyl (C=O) groups is 2. The average Bonchev–Trinajstić information content (AvgIpc) is 2.47. The van der Waals surface area contributed by atoms with E-state index in [-0.39, 0.29) is 19.1 Å². The highest BCUT2D eigenvalue weighted by Crippen LogP contribution is 2.18. The molecule has 5 heteroatoms. The predicted octanol–water partition coefficient (Wildman–Crippen LogP) is 0.126. The molecule has 1 N–H and O–H groups in total. The zero-order chi connectivity index (χ0) is 9.84. The van der Waals surface area contributed by atoms with Crippen molar-refractivity contribution in [2.45, 2.75) is 25.8 Å². The molecule has 0 bridgehead atoms. The number of amides is 2. The first-order valence-electron chi connectivity index (χ1n) is 4.30. The highest BCUT2D eigenvalue weighted by Gasteiger charge is 2.36. The van der Waals surface area contributed by atoms with Gasteiger partial charge in [-0.1, -0.05) is 0 Å². The minimum Gasteiger partial charge on any atom is -0.449 e. The number of aliphatic hydroxyl groups excluding tert-OH is 1. The van der Waals surface area contributed by atoms with Gasteiger partial charge in [0.25, 0.3) is 0 Å². The Bertz CT molecular complexity index is 216. The van der Waals surface area contributed by atoms with Gasteiger partial charge in [0.05, 0.1) is 19.3 Å². The summed E-state index contributed by atoms with van der Waals surface area (Å²) in [5.74, 6) is -0.266. The van der Waals surface area contributed by atoms with Crippen LogP contribution in [0.4, 0.5) is 4.79 Å². The highest BCUT2D eigenvalue weighted by atomic mass is 16.6. The van der Waals surface area contributed by atoms with Gasteiger partial charge in [0, 0.05) is 6.42 Å². The van der Waals surface area contributed by atoms with Crippen LogP contribution >= 0.6 is 0 Å². The van der Waals surface area contributed by atoms with Gasteiger partial charge < -0.3 is 9.84 Å². The van der Waals surface area contributed by atoms with Crippen molar-refractivity contribution < 1.29 is 19.4 Å². The van der Waals surface area contributed by atoms with E-state index in [0.29, 0.717) is 12.8 Å². The molecule has 74 valence electrons. The molecule has 0 aliphatic carbocycles. The lowest BCUT2D eigenvalue weighted by molar-refractivity contribution is -0.127. The van der Waals surface area contributed by atoms with Crippen molar-refractivity contribution in [3.05, 3.63) is 0 Å². The number of carbonyl (C=O) groups excluding carboxylic acids is 2. The number of hydrogen-bond donors (Lipinski definition) is 1. The molecule has 1 aliphatic heterocycles. The first-order valence-corrected chi connectivity index (χ1v) is 4.30. The lowest BCUT2D eigenvalue weighted by Crippen LogP contribution is -2.40. The van der Waals surface area contributed by atoms with Gasteiger partial charge in [-0.15, -0.1) is 0 Å². The maximum Gasteiger partial charge on any atom is 0.416 e. The van der Waals surface area contributed by atoms with E-state index in [1.54, 1.807) is 6.92 Å². The summed E-state index contributed by atoms with van der Waals surface area (Å²) < 4.78 is 4.68. The molecule has 0 aromatic heterocycles. The molecule has 0 radical (unpaired) electrons. The molecule has 1 heterocycles. The van der Waals surface area contributed by atoms with E-state index in [4.69, 9.17) is 5.11 Å². The first-order chi connectivity index (χ1) is 6.20. The smallest absolute Gasteiger partial charge is 0.416 e. The highest BCUT2D eigenvalue weighted by molar-refractivity contribution is 5.94. The molecule has 13 heavy (non-hydrogen) atoms. The zero-order valence-electron chi connectivity index (χ0n) is 7.52. The largest absolute Gasteiger partial charge is 0.449 e. The molecule has 1 unspecified atom stereocenters. The molecular formula is C8H13NO4. The van der Waals surface area contributed by atoms with Gasteiger partial charge in [0.15, 0.2) is 0 Å². The van der Waals surface area contributed by atoms with Gasteiger partial charge in [-0.2, -0.15) is 0 Å². The van der Waals surface area contributed by atoms with Crippen LogP contribution in [0.25, 0.3) is 0 Å². The van der Waals surface area contributed by atoms with Crippen LogP contribution < -0.4 is 0 Å². The molecule has 5 nitrogen and oxygen atoms in total. The predicted molar refractivity (Wildman–Crippen MR) is 44.0 cm³/mol. The third-order valence-corrected chi connectivity index (χ3v) is 2.00. The number of imide groups is 1. The number of ether oxygens (including phenoxy) is 1. The van der Waals surface area contributed by atoms with Crippen LogP contribution in [0, 0.1) is 0 Å². The Morgan fingerprint density at radius 2 is 2.46 bits per heavy atom. The fraction of sp³-hybridized carbons (Fsp3) is 0.750. The summed E-state index contributed by atoms with van der Waals surface area (Å²) >= 11 is 0. The van der Waals surface area contributed by atoms with Crippen LogP contribution in [0.5, 0.6) is 0 Å². The molecule has 1 aliphatic rings. The summed E-state index contributed by atoms with van der Waals surface area (Å²) in [7, 11) is 0. The third kappa shape index (κ3) is 1.98. The Labute approximate surface area is 76.3 Å². The Morgan fingerprint density at radius 3 is 3.00 bits per heavy atom. The van der Waals surface area contributed by atoms with Gasteiger partial charge in [0.1, 0.15) is 0 Å². The maximum atomic E-state index is 11.2. The minimum atomic E-state index is -0.649. The summed E-state index contributed by atoms with van der Waals surface area (Å²) in [6.07, 6.45) is 0.183. The molecule has 1 saturated heterocycles. The Balaban J connectivity index is 2.63. The minimum absolute atomic E-state index is 0.190. The van der Waals surface area contributed by atoms with E-state index >= 15 is 0 Å². The van der Waals surface area contributed by atoms with Crippen molar-refractivity contribution in [3.63, 3.8) is 0 Å². The summed E-state index contributed by atoms with van der Waals surface area (Å²) in [6, 6.07) is -0.397. The quantitative estimate of drug-likeness (QED) is 0.667. The first kappa shape index (κ1) is 9.98. The molecule has 0 spiro atoms. The molecular weight excluding hydrogens is 174 g/mol. The standard InChI is InChI=1S/C8H13NO4/c1-2-13-8(12)9-6(5-10)3-4-7(9)11/h6,10H,2-5H2,1H3. The average molecular weight is 187 g/mol. The molecule has 0 saturated carbocycles. The van der Waals surface area contributed by atoms with Gasteiger partial charge in [-0.3, -0.25) is 4.79 Å². The topological polar surface area (TPSA) is 66.8 Å². The molecule has 1 atom stereocenters. The van der Waals surface area contributed by atoms with E-state index in [1.807, 2.05) is 0 Å². The monoisotopic (exact) mass is 187 g/mol. The number of nitrogens with zero attached hydrogens (tertiary/aromatic N) is 1. The Hall–Kier alpha value is -1.10. The SMILES string of the molecule is CCOC(=O)N1C(=O)CCC1CO. The van der Waals surface area contributed by atoms with E-state index < -0.39 is 12.1 Å². The number of aliphatic hydroxyl groups is 1. The van der Waals surface area contributed by atoms with Crippen molar-refractivity contribution >= 4 is 12.0 Å². The van der Waals surface area contributed by atoms with Gasteiger partial charge in [0.2, 0.25) is 5.91 Å². The zero-order valence-corrected chi connectivity index (χ0v) is 7.52. The second-order valence-electron chi connectivity index (χ2n) is 2.84. The van der Waals surface area contributed by atoms with E-state index in [0.717, 1.165) is 4.90 Å². The van der Waals surface area contributed by atoms with Gasteiger partial charge >= 0.3 is 6.09 Å². The second kappa shape index (κ2) is 4.23. The number of hydrogen-bond acceptors (Lipinski definition) is 4. The van der Waals surface area contributed by atoms with Crippen LogP contribution in [0.3, 0.4) is 0 Å². The fourth-order valence-corrected chi connectivity index (χ4v) is 1.36. The molecule has 1 fully saturated rings. The van der Waals surface area contributed by atoms with Crippen molar-refractivity contribution in [2.24, 2.45) is 0 Å². The van der Waals surface area contributed by atoms with E-state index in [2.05, 4.69) is 4.74 Å². The molecule has 1 rings (SSSR count). The fourth-order valence-electron chi connectivity index (χ4n) is 1.36. The lowest BCUT2D eigenvalue weighted by atomic mass is 10.2. The van der Waals surface area contributed by atoms with Crippen LogP contribution in [-0.4, -0.2) is 41.3 Å². The van der Waals surface area contributed by atoms with Crippen molar-refractivity contribution in [1.82, 2.24) is 4.90 Å². The number of likely N-dealkylation sites (tertiary alicyclic amines) is 1. The van der Waals surface area contributed by atoms with Gasteiger partial charge in [-0.05, 0) is 13.3 Å². The summed E-state index contributed by atoms with van der Waals surface area (Å²) in [5.41, 5.74) is 0. The normalized spacial score (nSPS) is 22.2. The Morgan fingerprint density at radius 1 is 1.77 bits per heavy atom. The lowest BCUT2D eigenvalue weighted by Gasteiger charge is -2.19. The molecule has 0 aromatic rings. The van der Waals surface area contributed by atoms with Crippen LogP contribution in [0.15, 0.2) is 0 Å². The molecule has 2 amide bonds. The summed E-state index contributed by atoms with van der Waals surface area (Å²) in [5, 5.41) is 8.87. The molecule has 0 aromatic carbocycles. The third-order valence-electron chi connectivity index (χ3n) is 2.00. The second-order valence-corrected chi connectivity index (χ2v) is 2.84. The van der Waals surface area contributed by atoms with Crippen LogP contribution in [0.2, 0.25) is 0 Å².